The minimum atomic E-state index is -4.63. The second kappa shape index (κ2) is 7.08. The molecule has 2 amide bonds. The molecule has 0 spiro atoms. The molecule has 1 aliphatic rings. The second-order valence-electron chi connectivity index (χ2n) is 5.37. The van der Waals surface area contributed by atoms with Gasteiger partial charge in [0, 0.05) is 6.54 Å². The molecule has 0 radical (unpaired) electrons. The van der Waals surface area contributed by atoms with Crippen LogP contribution in [0.4, 0.5) is 18.0 Å². The van der Waals surface area contributed by atoms with Crippen molar-refractivity contribution in [3.8, 4) is 5.75 Å². The predicted molar refractivity (Wildman–Crippen MR) is 77.1 cm³/mol. The molecule has 0 aliphatic carbocycles. The van der Waals surface area contributed by atoms with Gasteiger partial charge in [0.1, 0.15) is 5.75 Å². The van der Waals surface area contributed by atoms with Crippen LogP contribution in [-0.2, 0) is 0 Å². The van der Waals surface area contributed by atoms with Gasteiger partial charge in [-0.3, -0.25) is 0 Å². The molecule has 128 valence electrons. The van der Waals surface area contributed by atoms with Gasteiger partial charge in [0.2, 0.25) is 0 Å². The van der Waals surface area contributed by atoms with Gasteiger partial charge in [0.25, 0.3) is 0 Å². The van der Waals surface area contributed by atoms with E-state index in [2.05, 4.69) is 0 Å². The zero-order valence-electron chi connectivity index (χ0n) is 12.6. The summed E-state index contributed by atoms with van der Waals surface area (Å²) in [6.07, 6.45) is -3.38. The average Bonchev–Trinajstić information content (AvgIpc) is 3.00. The molecule has 0 bridgehead atoms. The fourth-order valence-corrected chi connectivity index (χ4v) is 2.65. The highest BCUT2D eigenvalue weighted by Crippen LogP contribution is 2.34. The molecule has 8 heteroatoms. The Hall–Kier alpha value is -1.96. The Bertz CT molecular complexity index is 534. The SMILES string of the molecule is COc1ccc([C@H](NC(=O)N2CCC[C@@H]2CO)C(F)(F)F)cc1. The molecule has 0 aromatic heterocycles. The van der Waals surface area contributed by atoms with E-state index in [9.17, 15) is 23.1 Å². The van der Waals surface area contributed by atoms with E-state index in [4.69, 9.17) is 4.74 Å². The van der Waals surface area contributed by atoms with Crippen LogP contribution in [0.2, 0.25) is 0 Å². The van der Waals surface area contributed by atoms with E-state index in [1.165, 1.54) is 36.3 Å². The maximum absolute atomic E-state index is 13.3. The van der Waals surface area contributed by atoms with Crippen molar-refractivity contribution in [2.45, 2.75) is 31.1 Å². The van der Waals surface area contributed by atoms with Crippen LogP contribution in [0, 0.1) is 0 Å². The van der Waals surface area contributed by atoms with Crippen molar-refractivity contribution in [2.75, 3.05) is 20.3 Å². The zero-order valence-corrected chi connectivity index (χ0v) is 12.6. The predicted octanol–water partition coefficient (Wildman–Crippen LogP) is 2.46. The van der Waals surface area contributed by atoms with Crippen molar-refractivity contribution < 1.29 is 27.8 Å². The average molecular weight is 332 g/mol. The summed E-state index contributed by atoms with van der Waals surface area (Å²) >= 11 is 0. The molecule has 1 fully saturated rings. The molecule has 1 aliphatic heterocycles. The summed E-state index contributed by atoms with van der Waals surface area (Å²) in [6.45, 7) is 0.0802. The Morgan fingerprint density at radius 1 is 1.43 bits per heavy atom. The highest BCUT2D eigenvalue weighted by atomic mass is 19.4. The topological polar surface area (TPSA) is 61.8 Å². The summed E-state index contributed by atoms with van der Waals surface area (Å²) < 4.78 is 44.8. The van der Waals surface area contributed by atoms with Gasteiger partial charge in [0.05, 0.1) is 19.8 Å². The number of hydrogen-bond acceptors (Lipinski definition) is 3. The lowest BCUT2D eigenvalue weighted by atomic mass is 10.1. The van der Waals surface area contributed by atoms with Crippen LogP contribution in [0.25, 0.3) is 0 Å². The number of alkyl halides is 3. The first kappa shape index (κ1) is 17.4. The number of nitrogens with zero attached hydrogens (tertiary/aromatic N) is 1. The van der Waals surface area contributed by atoms with Crippen LogP contribution < -0.4 is 10.1 Å². The summed E-state index contributed by atoms with van der Waals surface area (Å²) in [7, 11) is 1.42. The molecular weight excluding hydrogens is 313 g/mol. The molecule has 1 aromatic rings. The van der Waals surface area contributed by atoms with Crippen LogP contribution in [0.5, 0.6) is 5.75 Å². The van der Waals surface area contributed by atoms with E-state index >= 15 is 0 Å². The van der Waals surface area contributed by atoms with Crippen molar-refractivity contribution in [3.05, 3.63) is 29.8 Å². The summed E-state index contributed by atoms with van der Waals surface area (Å²) in [5, 5.41) is 11.2. The summed E-state index contributed by atoms with van der Waals surface area (Å²) in [6, 6.07) is 2.00. The molecular formula is C15H19F3N2O3. The zero-order chi connectivity index (χ0) is 17.0. The Morgan fingerprint density at radius 2 is 2.09 bits per heavy atom. The van der Waals surface area contributed by atoms with Crippen molar-refractivity contribution in [2.24, 2.45) is 0 Å². The van der Waals surface area contributed by atoms with Gasteiger partial charge in [-0.15, -0.1) is 0 Å². The lowest BCUT2D eigenvalue weighted by molar-refractivity contribution is -0.155. The number of nitrogens with one attached hydrogen (secondary N) is 1. The summed E-state index contributed by atoms with van der Waals surface area (Å²) in [5.74, 6) is 0.431. The molecule has 0 saturated carbocycles. The van der Waals surface area contributed by atoms with E-state index in [0.717, 1.165) is 0 Å². The Balaban J connectivity index is 2.17. The largest absolute Gasteiger partial charge is 0.497 e. The molecule has 2 atom stereocenters. The minimum Gasteiger partial charge on any atom is -0.497 e. The first-order valence-electron chi connectivity index (χ1n) is 7.25. The lowest BCUT2D eigenvalue weighted by Gasteiger charge is -2.28. The fraction of sp³-hybridized carbons (Fsp3) is 0.533. The third kappa shape index (κ3) is 4.07. The van der Waals surface area contributed by atoms with Gasteiger partial charge in [-0.2, -0.15) is 13.2 Å². The number of aliphatic hydroxyl groups excluding tert-OH is 1. The van der Waals surface area contributed by atoms with Crippen molar-refractivity contribution in [3.63, 3.8) is 0 Å². The van der Waals surface area contributed by atoms with Crippen LogP contribution in [0.15, 0.2) is 24.3 Å². The number of rotatable bonds is 4. The maximum Gasteiger partial charge on any atom is 0.412 e. The van der Waals surface area contributed by atoms with E-state index in [0.29, 0.717) is 25.1 Å². The number of ether oxygens (including phenoxy) is 1. The van der Waals surface area contributed by atoms with Crippen LogP contribution >= 0.6 is 0 Å². The molecule has 1 saturated heterocycles. The van der Waals surface area contributed by atoms with Gasteiger partial charge >= 0.3 is 12.2 Å². The molecule has 5 nitrogen and oxygen atoms in total. The number of amides is 2. The van der Waals surface area contributed by atoms with Crippen LogP contribution in [0.1, 0.15) is 24.4 Å². The molecule has 2 N–H and O–H groups in total. The van der Waals surface area contributed by atoms with E-state index < -0.39 is 24.3 Å². The van der Waals surface area contributed by atoms with Crippen molar-refractivity contribution in [1.29, 1.82) is 0 Å². The van der Waals surface area contributed by atoms with E-state index in [1.54, 1.807) is 0 Å². The standard InChI is InChI=1S/C15H19F3N2O3/c1-23-12-6-4-10(5-7-12)13(15(16,17)18)19-14(22)20-8-2-3-11(20)9-21/h4-7,11,13,21H,2-3,8-9H2,1H3,(H,19,22)/t11-,13+/m1/s1. The molecule has 1 heterocycles. The number of carbonyl (C=O) groups excluding carboxylic acids is 1. The van der Waals surface area contributed by atoms with Gasteiger partial charge in [-0.05, 0) is 30.5 Å². The lowest BCUT2D eigenvalue weighted by Crippen LogP contribution is -2.48. The first-order valence-corrected chi connectivity index (χ1v) is 7.25. The number of halogens is 3. The fourth-order valence-electron chi connectivity index (χ4n) is 2.65. The van der Waals surface area contributed by atoms with Crippen molar-refractivity contribution in [1.82, 2.24) is 10.2 Å². The minimum absolute atomic E-state index is 0.0774. The van der Waals surface area contributed by atoms with Gasteiger partial charge in [-0.25, -0.2) is 4.79 Å². The van der Waals surface area contributed by atoms with Gasteiger partial charge in [-0.1, -0.05) is 12.1 Å². The number of methoxy groups -OCH3 is 1. The number of likely N-dealkylation sites (tertiary alicyclic amines) is 1. The molecule has 23 heavy (non-hydrogen) atoms. The Labute approximate surface area is 132 Å². The van der Waals surface area contributed by atoms with Crippen molar-refractivity contribution >= 4 is 6.03 Å². The summed E-state index contributed by atoms with van der Waals surface area (Å²) in [5.41, 5.74) is -0.0774. The molecule has 1 aromatic carbocycles. The van der Waals surface area contributed by atoms with E-state index in [-0.39, 0.29) is 12.2 Å². The second-order valence-corrected chi connectivity index (χ2v) is 5.37. The number of benzene rings is 1. The number of hydrogen-bond donors (Lipinski definition) is 2. The molecule has 2 rings (SSSR count). The monoisotopic (exact) mass is 332 g/mol. The third-order valence-corrected chi connectivity index (χ3v) is 3.89. The highest BCUT2D eigenvalue weighted by molar-refractivity contribution is 5.75. The Morgan fingerprint density at radius 3 is 2.61 bits per heavy atom. The quantitative estimate of drug-likeness (QED) is 0.890. The Kier molecular flexibility index (Phi) is 5.35. The maximum atomic E-state index is 13.3. The third-order valence-electron chi connectivity index (χ3n) is 3.89. The number of urea groups is 1. The van der Waals surface area contributed by atoms with Crippen LogP contribution in [-0.4, -0.2) is 48.5 Å². The summed E-state index contributed by atoms with van der Waals surface area (Å²) in [4.78, 5) is 13.4. The number of carbonyl (C=O) groups is 1. The first-order chi connectivity index (χ1) is 10.9. The smallest absolute Gasteiger partial charge is 0.412 e. The normalized spacial score (nSPS) is 19.5. The molecule has 0 unspecified atom stereocenters. The van der Waals surface area contributed by atoms with Gasteiger partial charge < -0.3 is 20.1 Å². The van der Waals surface area contributed by atoms with E-state index in [1.807, 2.05) is 5.32 Å². The van der Waals surface area contributed by atoms with Crippen LogP contribution in [0.3, 0.4) is 0 Å². The highest BCUT2D eigenvalue weighted by Gasteiger charge is 2.43. The number of aliphatic hydroxyl groups is 1. The van der Waals surface area contributed by atoms with Gasteiger partial charge in [0.15, 0.2) is 6.04 Å².